The number of para-hydroxylation sites is 1. The van der Waals surface area contributed by atoms with Gasteiger partial charge in [-0.15, -0.1) is 11.3 Å². The van der Waals surface area contributed by atoms with Gasteiger partial charge in [0.05, 0.1) is 31.9 Å². The van der Waals surface area contributed by atoms with E-state index in [1.54, 1.807) is 37.4 Å². The molecular formula is C28H29NO5S. The zero-order valence-corrected chi connectivity index (χ0v) is 20.7. The first-order chi connectivity index (χ1) is 17.0. The molecule has 182 valence electrons. The lowest BCUT2D eigenvalue weighted by Gasteiger charge is -2.26. The topological polar surface area (TPSA) is 76.1 Å². The molecule has 1 N–H and O–H groups in total. The summed E-state index contributed by atoms with van der Waals surface area (Å²) < 4.78 is 11.3. The number of hydrogen-bond donors (Lipinski definition) is 1. The van der Waals surface area contributed by atoms with Crippen molar-refractivity contribution >= 4 is 28.8 Å². The number of likely N-dealkylation sites (tertiary alicyclic amines) is 1. The Kier molecular flexibility index (Phi) is 7.87. The van der Waals surface area contributed by atoms with Gasteiger partial charge in [0, 0.05) is 16.0 Å². The van der Waals surface area contributed by atoms with Gasteiger partial charge in [0.1, 0.15) is 17.3 Å². The first-order valence-electron chi connectivity index (χ1n) is 11.7. The molecule has 0 aliphatic carbocycles. The number of Topliss-reactive ketones (excluding diaryl/α,β-unsaturated/α-hetero) is 1. The summed E-state index contributed by atoms with van der Waals surface area (Å²) >= 11 is 1.51. The van der Waals surface area contributed by atoms with Crippen molar-refractivity contribution in [2.24, 2.45) is 0 Å². The summed E-state index contributed by atoms with van der Waals surface area (Å²) in [5.41, 5.74) is 1.13. The molecule has 1 aliphatic heterocycles. The van der Waals surface area contributed by atoms with E-state index in [0.717, 1.165) is 24.1 Å². The molecule has 2 heterocycles. The summed E-state index contributed by atoms with van der Waals surface area (Å²) in [5, 5.41) is 13.2. The van der Waals surface area contributed by atoms with Crippen LogP contribution in [0, 0.1) is 0 Å². The predicted molar refractivity (Wildman–Crippen MR) is 137 cm³/mol. The van der Waals surface area contributed by atoms with Crippen LogP contribution in [0.25, 0.3) is 5.76 Å². The molecule has 0 bridgehead atoms. The number of carbonyl (C=O) groups excluding carboxylic acids is 2. The van der Waals surface area contributed by atoms with E-state index < -0.39 is 17.7 Å². The summed E-state index contributed by atoms with van der Waals surface area (Å²) in [5.74, 6) is -0.346. The van der Waals surface area contributed by atoms with E-state index in [2.05, 4.69) is 6.92 Å². The maximum atomic E-state index is 13.2. The van der Waals surface area contributed by atoms with Crippen molar-refractivity contribution in [3.63, 3.8) is 0 Å². The average molecular weight is 492 g/mol. The monoisotopic (exact) mass is 491 g/mol. The number of aliphatic hydroxyl groups is 1. The van der Waals surface area contributed by atoms with E-state index in [1.165, 1.54) is 16.2 Å². The van der Waals surface area contributed by atoms with Crippen molar-refractivity contribution < 1.29 is 24.2 Å². The molecule has 1 amide bonds. The van der Waals surface area contributed by atoms with Gasteiger partial charge in [0.2, 0.25) is 0 Å². The minimum atomic E-state index is -0.779. The number of hydrogen-bond acceptors (Lipinski definition) is 6. The maximum Gasteiger partial charge on any atom is 0.295 e. The molecule has 6 nitrogen and oxygen atoms in total. The van der Waals surface area contributed by atoms with Crippen LogP contribution in [0.15, 0.2) is 71.6 Å². The van der Waals surface area contributed by atoms with E-state index in [-0.39, 0.29) is 17.9 Å². The predicted octanol–water partition coefficient (Wildman–Crippen LogP) is 5.95. The highest BCUT2D eigenvalue weighted by Gasteiger charge is 2.47. The van der Waals surface area contributed by atoms with Crippen LogP contribution in [0.1, 0.15) is 48.2 Å². The number of ether oxygens (including phenoxy) is 2. The van der Waals surface area contributed by atoms with Crippen molar-refractivity contribution in [1.29, 1.82) is 0 Å². The molecule has 0 radical (unpaired) electrons. The van der Waals surface area contributed by atoms with Gasteiger partial charge in [-0.25, -0.2) is 0 Å². The third-order valence-corrected chi connectivity index (χ3v) is 6.89. The van der Waals surface area contributed by atoms with E-state index >= 15 is 0 Å². The van der Waals surface area contributed by atoms with Crippen LogP contribution < -0.4 is 9.47 Å². The highest BCUT2D eigenvalue weighted by atomic mass is 32.1. The lowest BCUT2D eigenvalue weighted by Crippen LogP contribution is -2.29. The number of amides is 1. The Balaban J connectivity index is 1.73. The second-order valence-electron chi connectivity index (χ2n) is 8.33. The van der Waals surface area contributed by atoms with Crippen LogP contribution in [0.5, 0.6) is 11.5 Å². The maximum absolute atomic E-state index is 13.2. The fraction of sp³-hybridized carbons (Fsp3) is 0.286. The molecule has 7 heteroatoms. The van der Waals surface area contributed by atoms with Crippen molar-refractivity contribution in [2.45, 2.75) is 38.8 Å². The SMILES string of the molecule is CCCCCOc1ccc(/C(O)=C2/C(=O)C(=O)N(Cc3cccs3)C2c2ccccc2OC)cc1. The normalized spacial score (nSPS) is 17.1. The molecule has 3 aromatic rings. The van der Waals surface area contributed by atoms with E-state index in [0.29, 0.717) is 29.2 Å². The molecule has 1 fully saturated rings. The fourth-order valence-electron chi connectivity index (χ4n) is 4.24. The van der Waals surface area contributed by atoms with Crippen LogP contribution in [0.3, 0.4) is 0 Å². The Labute approximate surface area is 209 Å². The van der Waals surface area contributed by atoms with Gasteiger partial charge >= 0.3 is 0 Å². The van der Waals surface area contributed by atoms with E-state index in [4.69, 9.17) is 9.47 Å². The number of carbonyl (C=O) groups is 2. The first kappa shape index (κ1) is 24.5. The summed E-state index contributed by atoms with van der Waals surface area (Å²) in [6.07, 6.45) is 3.20. The van der Waals surface area contributed by atoms with Gasteiger partial charge in [-0.05, 0) is 48.2 Å². The van der Waals surface area contributed by atoms with Crippen molar-refractivity contribution in [1.82, 2.24) is 4.90 Å². The van der Waals surface area contributed by atoms with Crippen LogP contribution >= 0.6 is 11.3 Å². The molecule has 1 atom stereocenters. The molecule has 35 heavy (non-hydrogen) atoms. The lowest BCUT2D eigenvalue weighted by molar-refractivity contribution is -0.140. The summed E-state index contributed by atoms with van der Waals surface area (Å²) in [7, 11) is 1.55. The molecule has 0 spiro atoms. The Morgan fingerprint density at radius 1 is 1.03 bits per heavy atom. The van der Waals surface area contributed by atoms with Gasteiger partial charge in [-0.3, -0.25) is 9.59 Å². The second kappa shape index (κ2) is 11.2. The number of methoxy groups -OCH3 is 1. The van der Waals surface area contributed by atoms with Gasteiger partial charge in [0.15, 0.2) is 0 Å². The van der Waals surface area contributed by atoms with E-state index in [9.17, 15) is 14.7 Å². The minimum absolute atomic E-state index is 0.0488. The number of rotatable bonds is 10. The van der Waals surface area contributed by atoms with Crippen molar-refractivity contribution in [3.8, 4) is 11.5 Å². The molecule has 4 rings (SSSR count). The highest BCUT2D eigenvalue weighted by Crippen LogP contribution is 2.43. The van der Waals surface area contributed by atoms with E-state index in [1.807, 2.05) is 35.7 Å². The summed E-state index contributed by atoms with van der Waals surface area (Å²) in [6.45, 7) is 3.02. The summed E-state index contributed by atoms with van der Waals surface area (Å²) in [4.78, 5) is 28.8. The zero-order valence-electron chi connectivity index (χ0n) is 19.9. The third kappa shape index (κ3) is 5.25. The Bertz CT molecular complexity index is 1200. The molecule has 1 saturated heterocycles. The average Bonchev–Trinajstić information content (AvgIpc) is 3.49. The Hall–Kier alpha value is -3.58. The van der Waals surface area contributed by atoms with Crippen molar-refractivity contribution in [2.75, 3.05) is 13.7 Å². The first-order valence-corrected chi connectivity index (χ1v) is 12.6. The van der Waals surface area contributed by atoms with Gasteiger partial charge in [-0.1, -0.05) is 44.0 Å². The number of ketones is 1. The fourth-order valence-corrected chi connectivity index (χ4v) is 4.94. The smallest absolute Gasteiger partial charge is 0.295 e. The van der Waals surface area contributed by atoms with Crippen LogP contribution in [-0.4, -0.2) is 35.4 Å². The number of thiophene rings is 1. The summed E-state index contributed by atoms with van der Waals surface area (Å²) in [6, 6.07) is 17.2. The number of unbranched alkanes of at least 4 members (excludes halogenated alkanes) is 2. The largest absolute Gasteiger partial charge is 0.507 e. The van der Waals surface area contributed by atoms with Gasteiger partial charge in [0.25, 0.3) is 11.7 Å². The van der Waals surface area contributed by atoms with Gasteiger partial charge < -0.3 is 19.5 Å². The van der Waals surface area contributed by atoms with Crippen LogP contribution in [0.4, 0.5) is 0 Å². The number of aliphatic hydroxyl groups excluding tert-OH is 1. The molecule has 2 aromatic carbocycles. The number of benzene rings is 2. The van der Waals surface area contributed by atoms with Crippen LogP contribution in [-0.2, 0) is 16.1 Å². The lowest BCUT2D eigenvalue weighted by atomic mass is 9.94. The minimum Gasteiger partial charge on any atom is -0.507 e. The zero-order chi connectivity index (χ0) is 24.8. The quantitative estimate of drug-likeness (QED) is 0.164. The number of nitrogens with zero attached hydrogens (tertiary/aromatic N) is 1. The molecule has 1 unspecified atom stereocenters. The molecule has 0 saturated carbocycles. The molecule has 1 aliphatic rings. The van der Waals surface area contributed by atoms with Crippen molar-refractivity contribution in [3.05, 3.63) is 87.6 Å². The molecule has 1 aromatic heterocycles. The molecular weight excluding hydrogens is 462 g/mol. The Morgan fingerprint density at radius 2 is 1.80 bits per heavy atom. The Morgan fingerprint density at radius 3 is 2.49 bits per heavy atom. The van der Waals surface area contributed by atoms with Crippen LogP contribution in [0.2, 0.25) is 0 Å². The second-order valence-corrected chi connectivity index (χ2v) is 9.36. The van der Waals surface area contributed by atoms with Gasteiger partial charge in [-0.2, -0.15) is 0 Å². The highest BCUT2D eigenvalue weighted by molar-refractivity contribution is 7.09. The third-order valence-electron chi connectivity index (χ3n) is 6.02. The standard InChI is InChI=1S/C28H29NO5S/c1-3-4-7-16-34-20-14-12-19(13-15-20)26(30)24-25(22-10-5-6-11-23(22)33-2)29(28(32)27(24)31)18-21-9-8-17-35-21/h5-6,8-15,17,25,30H,3-4,7,16,18H2,1-2H3/b26-24-.